The van der Waals surface area contributed by atoms with Crippen LogP contribution in [0.3, 0.4) is 0 Å². The Morgan fingerprint density at radius 2 is 1.78 bits per heavy atom. The van der Waals surface area contributed by atoms with Gasteiger partial charge in [0.1, 0.15) is 6.10 Å². The summed E-state index contributed by atoms with van der Waals surface area (Å²) in [5.74, 6) is -1.50. The van der Waals surface area contributed by atoms with E-state index in [9.17, 15) is 14.4 Å². The van der Waals surface area contributed by atoms with Crippen LogP contribution in [-0.4, -0.2) is 41.6 Å². The van der Waals surface area contributed by atoms with Crippen molar-refractivity contribution in [3.63, 3.8) is 0 Å². The Kier molecular flexibility index (Phi) is 5.70. The molecule has 1 fully saturated rings. The molecule has 0 saturated carbocycles. The van der Waals surface area contributed by atoms with Crippen LogP contribution in [0.1, 0.15) is 35.7 Å². The van der Waals surface area contributed by atoms with Gasteiger partial charge in [-0.3, -0.25) is 9.59 Å². The van der Waals surface area contributed by atoms with E-state index >= 15 is 0 Å². The van der Waals surface area contributed by atoms with Gasteiger partial charge in [-0.15, -0.1) is 0 Å². The summed E-state index contributed by atoms with van der Waals surface area (Å²) >= 11 is 0. The zero-order chi connectivity index (χ0) is 16.8. The second-order valence-electron chi connectivity index (χ2n) is 5.30. The molecule has 1 aromatic carbocycles. The number of carbonyl (C=O) groups is 3. The molecule has 7 nitrogen and oxygen atoms in total. The molecule has 0 radical (unpaired) electrons. The van der Waals surface area contributed by atoms with Crippen molar-refractivity contribution in [1.82, 2.24) is 10.6 Å². The van der Waals surface area contributed by atoms with Crippen molar-refractivity contribution < 1.29 is 24.2 Å². The van der Waals surface area contributed by atoms with Gasteiger partial charge < -0.3 is 20.5 Å². The zero-order valence-electron chi connectivity index (χ0n) is 12.9. The average Bonchev–Trinajstić information content (AvgIpc) is 3.03. The normalized spacial score (nSPS) is 20.0. The van der Waals surface area contributed by atoms with Gasteiger partial charge in [-0.1, -0.05) is 12.1 Å². The van der Waals surface area contributed by atoms with Crippen molar-refractivity contribution in [1.29, 1.82) is 0 Å². The van der Waals surface area contributed by atoms with Crippen LogP contribution in [0, 0.1) is 0 Å². The van der Waals surface area contributed by atoms with Crippen LogP contribution >= 0.6 is 0 Å². The smallest absolute Gasteiger partial charge is 0.332 e. The first-order valence-electron chi connectivity index (χ1n) is 7.54. The molecule has 1 saturated heterocycles. The molecule has 7 heteroatoms. The summed E-state index contributed by atoms with van der Waals surface area (Å²) in [6.07, 6.45) is -0.874. The minimum atomic E-state index is -1.04. The minimum absolute atomic E-state index is 0.137. The van der Waals surface area contributed by atoms with Crippen molar-refractivity contribution in [2.75, 3.05) is 6.54 Å². The highest BCUT2D eigenvalue weighted by Crippen LogP contribution is 2.20. The fourth-order valence-electron chi connectivity index (χ4n) is 2.35. The third-order valence-corrected chi connectivity index (χ3v) is 3.61. The molecule has 0 unspecified atom stereocenters. The van der Waals surface area contributed by atoms with Crippen molar-refractivity contribution in [2.45, 2.75) is 38.5 Å². The largest absolute Gasteiger partial charge is 0.479 e. The molecule has 0 bridgehead atoms. The standard InChI is InChI=1S/C16H20N2O5/c1-2-17-14(19)11-5-3-10(4-6-11)9-18-15(20)12-7-8-13(23-12)16(21)22/h3-6,12-13H,2,7-9H2,1H3,(H,17,19)(H,18,20)(H,21,22)/t12-,13+/m0/s1. The van der Waals surface area contributed by atoms with E-state index in [0.717, 1.165) is 5.56 Å². The lowest BCUT2D eigenvalue weighted by molar-refractivity contribution is -0.151. The second kappa shape index (κ2) is 7.73. The van der Waals surface area contributed by atoms with Crippen molar-refractivity contribution in [3.05, 3.63) is 35.4 Å². The molecule has 0 spiro atoms. The monoisotopic (exact) mass is 320 g/mol. The van der Waals surface area contributed by atoms with Gasteiger partial charge >= 0.3 is 5.97 Å². The number of nitrogens with one attached hydrogen (secondary N) is 2. The Labute approximate surface area is 134 Å². The molecule has 3 N–H and O–H groups in total. The average molecular weight is 320 g/mol. The SMILES string of the molecule is CCNC(=O)c1ccc(CNC(=O)[C@@H]2CC[C@H](C(=O)O)O2)cc1. The van der Waals surface area contributed by atoms with E-state index in [2.05, 4.69) is 10.6 Å². The number of amides is 2. The van der Waals surface area contributed by atoms with Gasteiger partial charge in [-0.25, -0.2) is 4.79 Å². The predicted octanol–water partition coefficient (Wildman–Crippen LogP) is 0.685. The molecule has 0 aromatic heterocycles. The van der Waals surface area contributed by atoms with Crippen molar-refractivity contribution >= 4 is 17.8 Å². The summed E-state index contributed by atoms with van der Waals surface area (Å²) in [7, 11) is 0. The third-order valence-electron chi connectivity index (χ3n) is 3.61. The van der Waals surface area contributed by atoms with E-state index in [-0.39, 0.29) is 11.8 Å². The van der Waals surface area contributed by atoms with Crippen LogP contribution in [0.4, 0.5) is 0 Å². The predicted molar refractivity (Wildman–Crippen MR) is 81.8 cm³/mol. The summed E-state index contributed by atoms with van der Waals surface area (Å²) in [4.78, 5) is 34.4. The van der Waals surface area contributed by atoms with E-state index in [1.54, 1.807) is 24.3 Å². The Bertz CT molecular complexity index is 585. The molecular formula is C16H20N2O5. The highest BCUT2D eigenvalue weighted by Gasteiger charge is 2.34. The Morgan fingerprint density at radius 3 is 2.35 bits per heavy atom. The van der Waals surface area contributed by atoms with Gasteiger partial charge in [0.15, 0.2) is 6.10 Å². The van der Waals surface area contributed by atoms with Crippen LogP contribution in [-0.2, 0) is 20.9 Å². The van der Waals surface area contributed by atoms with Gasteiger partial charge in [0, 0.05) is 18.7 Å². The molecular weight excluding hydrogens is 300 g/mol. The van der Waals surface area contributed by atoms with E-state index in [1.165, 1.54) is 0 Å². The first kappa shape index (κ1) is 17.0. The molecule has 23 heavy (non-hydrogen) atoms. The summed E-state index contributed by atoms with van der Waals surface area (Å²) in [5.41, 5.74) is 1.41. The quantitative estimate of drug-likeness (QED) is 0.715. The molecule has 0 aliphatic carbocycles. The summed E-state index contributed by atoms with van der Waals surface area (Å²) in [5, 5.41) is 14.3. The van der Waals surface area contributed by atoms with Crippen molar-refractivity contribution in [3.8, 4) is 0 Å². The van der Waals surface area contributed by atoms with E-state index < -0.39 is 18.2 Å². The molecule has 1 aliphatic heterocycles. The zero-order valence-corrected chi connectivity index (χ0v) is 12.9. The number of hydrogen-bond acceptors (Lipinski definition) is 4. The van der Waals surface area contributed by atoms with Crippen molar-refractivity contribution in [2.24, 2.45) is 0 Å². The van der Waals surface area contributed by atoms with Crippen LogP contribution in [0.25, 0.3) is 0 Å². The number of benzene rings is 1. The van der Waals surface area contributed by atoms with Gasteiger partial charge in [0.2, 0.25) is 5.91 Å². The lowest BCUT2D eigenvalue weighted by Gasteiger charge is -2.12. The highest BCUT2D eigenvalue weighted by atomic mass is 16.5. The number of carboxylic acids is 1. The van der Waals surface area contributed by atoms with Crippen LogP contribution in [0.15, 0.2) is 24.3 Å². The molecule has 2 rings (SSSR count). The number of carbonyl (C=O) groups excluding carboxylic acids is 2. The molecule has 1 aromatic rings. The number of ether oxygens (including phenoxy) is 1. The Balaban J connectivity index is 1.83. The molecule has 124 valence electrons. The van der Waals surface area contributed by atoms with Gasteiger partial charge in [-0.2, -0.15) is 0 Å². The van der Waals surface area contributed by atoms with E-state index in [0.29, 0.717) is 31.5 Å². The number of aliphatic carboxylic acids is 1. The third kappa shape index (κ3) is 4.53. The second-order valence-corrected chi connectivity index (χ2v) is 5.30. The summed E-state index contributed by atoms with van der Waals surface area (Å²) in [6.45, 7) is 2.71. The van der Waals surface area contributed by atoms with E-state index in [4.69, 9.17) is 9.84 Å². The lowest BCUT2D eigenvalue weighted by Crippen LogP contribution is -2.35. The fraction of sp³-hybridized carbons (Fsp3) is 0.438. The number of carboxylic acid groups (broad SMARTS) is 1. The summed E-state index contributed by atoms with van der Waals surface area (Å²) in [6, 6.07) is 6.92. The highest BCUT2D eigenvalue weighted by molar-refractivity contribution is 5.94. The molecule has 1 heterocycles. The number of hydrogen-bond donors (Lipinski definition) is 3. The first-order chi connectivity index (χ1) is 11.0. The van der Waals surface area contributed by atoms with E-state index in [1.807, 2.05) is 6.92 Å². The lowest BCUT2D eigenvalue weighted by atomic mass is 10.1. The summed E-state index contributed by atoms with van der Waals surface area (Å²) < 4.78 is 5.19. The topological polar surface area (TPSA) is 105 Å². The molecule has 2 atom stereocenters. The Morgan fingerprint density at radius 1 is 1.13 bits per heavy atom. The first-order valence-corrected chi connectivity index (χ1v) is 7.54. The van der Waals surface area contributed by atoms with Crippen LogP contribution in [0.5, 0.6) is 0 Å². The fourth-order valence-corrected chi connectivity index (χ4v) is 2.35. The van der Waals surface area contributed by atoms with Gasteiger partial charge in [0.25, 0.3) is 5.91 Å². The Hall–Kier alpha value is -2.41. The molecule has 2 amide bonds. The van der Waals surface area contributed by atoms with Crippen LogP contribution < -0.4 is 10.6 Å². The number of rotatable bonds is 6. The maximum absolute atomic E-state index is 12.0. The van der Waals surface area contributed by atoms with Gasteiger partial charge in [-0.05, 0) is 37.5 Å². The molecule has 1 aliphatic rings. The maximum atomic E-state index is 12.0. The van der Waals surface area contributed by atoms with Gasteiger partial charge in [0.05, 0.1) is 0 Å². The minimum Gasteiger partial charge on any atom is -0.479 e. The van der Waals surface area contributed by atoms with Crippen LogP contribution in [0.2, 0.25) is 0 Å². The maximum Gasteiger partial charge on any atom is 0.332 e.